The molecule has 30 heavy (non-hydrogen) atoms. The number of carbonyl (C=O) groups is 2. The number of aryl methyl sites for hydroxylation is 1. The second-order valence-corrected chi connectivity index (χ2v) is 7.18. The highest BCUT2D eigenvalue weighted by Crippen LogP contribution is 2.13. The number of ether oxygens (including phenoxy) is 1. The van der Waals surface area contributed by atoms with E-state index < -0.39 is 12.1 Å². The molecule has 0 spiro atoms. The summed E-state index contributed by atoms with van der Waals surface area (Å²) in [5, 5.41) is 8.85. The first-order valence-corrected chi connectivity index (χ1v) is 9.80. The number of ketones is 1. The predicted octanol–water partition coefficient (Wildman–Crippen LogP) is 4.73. The monoisotopic (exact) mass is 403 g/mol. The van der Waals surface area contributed by atoms with Gasteiger partial charge in [-0.25, -0.2) is 4.79 Å². The van der Waals surface area contributed by atoms with Crippen LogP contribution >= 0.6 is 0 Å². The van der Waals surface area contributed by atoms with Crippen LogP contribution in [0.3, 0.4) is 0 Å². The number of carbonyl (C=O) groups excluding carboxylic acids is 1. The van der Waals surface area contributed by atoms with E-state index in [0.717, 1.165) is 16.7 Å². The van der Waals surface area contributed by atoms with E-state index >= 15 is 0 Å². The SMILES string of the molecule is Cc1ccc(C(=O)c2cccn2CC=Cc2ccc(CO[C@@H](C)C(=O)O)cc2)cc1. The van der Waals surface area contributed by atoms with Crippen molar-refractivity contribution in [1.29, 1.82) is 0 Å². The maximum absolute atomic E-state index is 12.8. The number of benzene rings is 2. The lowest BCUT2D eigenvalue weighted by Gasteiger charge is -2.08. The first-order valence-electron chi connectivity index (χ1n) is 9.80. The molecule has 5 heteroatoms. The van der Waals surface area contributed by atoms with E-state index in [0.29, 0.717) is 17.8 Å². The van der Waals surface area contributed by atoms with Crippen molar-refractivity contribution in [3.63, 3.8) is 0 Å². The molecule has 3 rings (SSSR count). The molecule has 1 atom stereocenters. The Morgan fingerprint density at radius 2 is 1.77 bits per heavy atom. The van der Waals surface area contributed by atoms with Gasteiger partial charge in [-0.2, -0.15) is 0 Å². The van der Waals surface area contributed by atoms with Crippen molar-refractivity contribution >= 4 is 17.8 Å². The molecule has 0 fully saturated rings. The fraction of sp³-hybridized carbons (Fsp3) is 0.200. The lowest BCUT2D eigenvalue weighted by molar-refractivity contribution is -0.149. The van der Waals surface area contributed by atoms with Crippen molar-refractivity contribution in [1.82, 2.24) is 4.57 Å². The van der Waals surface area contributed by atoms with Gasteiger partial charge in [-0.1, -0.05) is 66.2 Å². The van der Waals surface area contributed by atoms with Crippen LogP contribution in [0, 0.1) is 6.92 Å². The molecular weight excluding hydrogens is 378 g/mol. The number of allylic oxidation sites excluding steroid dienone is 1. The minimum atomic E-state index is -0.972. The van der Waals surface area contributed by atoms with Gasteiger partial charge in [-0.3, -0.25) is 4.79 Å². The van der Waals surface area contributed by atoms with Crippen molar-refractivity contribution in [3.05, 3.63) is 101 Å². The number of aromatic nitrogens is 1. The Morgan fingerprint density at radius 3 is 2.43 bits per heavy atom. The molecule has 0 unspecified atom stereocenters. The molecule has 0 aliphatic carbocycles. The van der Waals surface area contributed by atoms with Gasteiger partial charge in [0.15, 0.2) is 6.10 Å². The second-order valence-electron chi connectivity index (χ2n) is 7.18. The van der Waals surface area contributed by atoms with Crippen LogP contribution in [0.4, 0.5) is 0 Å². The summed E-state index contributed by atoms with van der Waals surface area (Å²) in [4.78, 5) is 23.6. The van der Waals surface area contributed by atoms with Crippen molar-refractivity contribution in [2.45, 2.75) is 33.1 Å². The third-order valence-corrected chi connectivity index (χ3v) is 4.82. The van der Waals surface area contributed by atoms with E-state index in [1.165, 1.54) is 6.92 Å². The number of rotatable bonds is 9. The Hall–Kier alpha value is -3.44. The van der Waals surface area contributed by atoms with Crippen LogP contribution in [-0.2, 0) is 22.7 Å². The van der Waals surface area contributed by atoms with Crippen LogP contribution in [0.25, 0.3) is 6.08 Å². The maximum Gasteiger partial charge on any atom is 0.332 e. The smallest absolute Gasteiger partial charge is 0.332 e. The molecular formula is C25H25NO4. The fourth-order valence-corrected chi connectivity index (χ4v) is 2.95. The van der Waals surface area contributed by atoms with E-state index in [1.54, 1.807) is 0 Å². The highest BCUT2D eigenvalue weighted by molar-refractivity contribution is 6.08. The quantitative estimate of drug-likeness (QED) is 0.525. The fourth-order valence-electron chi connectivity index (χ4n) is 2.95. The number of hydrogen-bond donors (Lipinski definition) is 1. The van der Waals surface area contributed by atoms with Crippen molar-refractivity contribution < 1.29 is 19.4 Å². The van der Waals surface area contributed by atoms with Gasteiger partial charge >= 0.3 is 5.97 Å². The van der Waals surface area contributed by atoms with Crippen LogP contribution in [0.2, 0.25) is 0 Å². The number of nitrogens with zero attached hydrogens (tertiary/aromatic N) is 1. The van der Waals surface area contributed by atoms with E-state index in [-0.39, 0.29) is 12.4 Å². The standard InChI is InChI=1S/C25H25NO4/c1-18-7-13-22(14-8-18)24(27)23-6-4-16-26(23)15-3-5-20-9-11-21(12-10-20)17-30-19(2)25(28)29/h3-14,16,19H,15,17H2,1-2H3,(H,28,29)/t19-/m0/s1. The molecule has 1 heterocycles. The van der Waals surface area contributed by atoms with Crippen LogP contribution in [0.5, 0.6) is 0 Å². The predicted molar refractivity (Wildman–Crippen MR) is 116 cm³/mol. The molecule has 0 radical (unpaired) electrons. The topological polar surface area (TPSA) is 68.5 Å². The Balaban J connectivity index is 1.60. The van der Waals surface area contributed by atoms with Crippen LogP contribution in [-0.4, -0.2) is 27.5 Å². The minimum absolute atomic E-state index is 0.00772. The lowest BCUT2D eigenvalue weighted by atomic mass is 10.1. The summed E-state index contributed by atoms with van der Waals surface area (Å²) in [6.07, 6.45) is 5.06. The average Bonchev–Trinajstić information content (AvgIpc) is 3.21. The second kappa shape index (κ2) is 9.85. The van der Waals surface area contributed by atoms with Gasteiger partial charge in [0.1, 0.15) is 0 Å². The van der Waals surface area contributed by atoms with Crippen LogP contribution < -0.4 is 0 Å². The molecule has 2 aromatic carbocycles. The molecule has 1 aromatic heterocycles. The number of aliphatic carboxylic acids is 1. The Bertz CT molecular complexity index is 1030. The zero-order valence-corrected chi connectivity index (χ0v) is 17.1. The third-order valence-electron chi connectivity index (χ3n) is 4.82. The highest BCUT2D eigenvalue weighted by atomic mass is 16.5. The van der Waals surface area contributed by atoms with E-state index in [1.807, 2.05) is 90.5 Å². The van der Waals surface area contributed by atoms with Gasteiger partial charge < -0.3 is 14.4 Å². The summed E-state index contributed by atoms with van der Waals surface area (Å²) in [5.41, 5.74) is 4.39. The molecule has 0 saturated heterocycles. The maximum atomic E-state index is 12.8. The summed E-state index contributed by atoms with van der Waals surface area (Å²) in [7, 11) is 0. The normalized spacial score (nSPS) is 12.2. The van der Waals surface area contributed by atoms with Gasteiger partial charge in [0.25, 0.3) is 0 Å². The average molecular weight is 403 g/mol. The van der Waals surface area contributed by atoms with Gasteiger partial charge in [-0.15, -0.1) is 0 Å². The minimum Gasteiger partial charge on any atom is -0.479 e. The van der Waals surface area contributed by atoms with Gasteiger partial charge in [0.05, 0.1) is 12.3 Å². The highest BCUT2D eigenvalue weighted by Gasteiger charge is 2.12. The molecule has 0 aliphatic rings. The first kappa shape index (κ1) is 21.3. The Labute approximate surface area is 176 Å². The summed E-state index contributed by atoms with van der Waals surface area (Å²) in [5.74, 6) is -0.965. The van der Waals surface area contributed by atoms with Gasteiger partial charge in [0, 0.05) is 18.3 Å². The Morgan fingerprint density at radius 1 is 1.07 bits per heavy atom. The van der Waals surface area contributed by atoms with Gasteiger partial charge in [-0.05, 0) is 37.1 Å². The largest absolute Gasteiger partial charge is 0.479 e. The summed E-state index contributed by atoms with van der Waals surface area (Å²) in [6.45, 7) is 4.35. The summed E-state index contributed by atoms with van der Waals surface area (Å²) >= 11 is 0. The summed E-state index contributed by atoms with van der Waals surface area (Å²) in [6, 6.07) is 19.0. The molecule has 1 N–H and O–H groups in total. The molecule has 0 amide bonds. The zero-order valence-electron chi connectivity index (χ0n) is 17.1. The van der Waals surface area contributed by atoms with E-state index in [4.69, 9.17) is 9.84 Å². The molecule has 0 bridgehead atoms. The molecule has 0 aliphatic heterocycles. The van der Waals surface area contributed by atoms with Crippen molar-refractivity contribution in [2.24, 2.45) is 0 Å². The van der Waals surface area contributed by atoms with E-state index in [2.05, 4.69) is 0 Å². The zero-order chi connectivity index (χ0) is 21.5. The van der Waals surface area contributed by atoms with Crippen molar-refractivity contribution in [3.8, 4) is 0 Å². The molecule has 3 aromatic rings. The Kier molecular flexibility index (Phi) is 6.99. The van der Waals surface area contributed by atoms with Crippen LogP contribution in [0.1, 0.15) is 39.7 Å². The summed E-state index contributed by atoms with van der Waals surface area (Å²) < 4.78 is 7.21. The number of carboxylic acid groups (broad SMARTS) is 1. The molecule has 154 valence electrons. The van der Waals surface area contributed by atoms with Crippen LogP contribution in [0.15, 0.2) is 72.9 Å². The number of hydrogen-bond acceptors (Lipinski definition) is 3. The number of carboxylic acids is 1. The first-order chi connectivity index (χ1) is 14.4. The van der Waals surface area contributed by atoms with Gasteiger partial charge in [0.2, 0.25) is 5.78 Å². The third kappa shape index (κ3) is 5.55. The molecule has 5 nitrogen and oxygen atoms in total. The van der Waals surface area contributed by atoms with Crippen molar-refractivity contribution in [2.75, 3.05) is 0 Å². The lowest BCUT2D eigenvalue weighted by Crippen LogP contribution is -2.19. The van der Waals surface area contributed by atoms with E-state index in [9.17, 15) is 9.59 Å². The molecule has 0 saturated carbocycles.